The lowest BCUT2D eigenvalue weighted by Crippen LogP contribution is -2.05. The summed E-state index contributed by atoms with van der Waals surface area (Å²) in [5.74, 6) is 0. The number of hydrogen-bond donors (Lipinski definition) is 0. The first-order valence-corrected chi connectivity index (χ1v) is 5.31. The molecule has 0 spiro atoms. The van der Waals surface area contributed by atoms with Crippen molar-refractivity contribution in [2.24, 2.45) is 0 Å². The van der Waals surface area contributed by atoms with E-state index in [0.717, 1.165) is 10.7 Å². The van der Waals surface area contributed by atoms with Crippen LogP contribution in [0.1, 0.15) is 6.92 Å². The molecule has 0 amide bonds. The Morgan fingerprint density at radius 1 is 1.75 bits per heavy atom. The Kier molecular flexibility index (Phi) is 2.52. The molecule has 0 saturated heterocycles. The highest BCUT2D eigenvalue weighted by Gasteiger charge is 2.18. The Morgan fingerprint density at radius 2 is 2.33 bits per heavy atom. The molecule has 0 fully saturated rings. The maximum Gasteiger partial charge on any atom is 0.349 e. The van der Waals surface area contributed by atoms with E-state index in [0.29, 0.717) is 11.1 Å². The zero-order valence-electron chi connectivity index (χ0n) is 6.16. The molecule has 12 heavy (non-hydrogen) atoms. The van der Waals surface area contributed by atoms with Crippen molar-refractivity contribution in [3.05, 3.63) is 10.7 Å². The van der Waals surface area contributed by atoms with Gasteiger partial charge in [0, 0.05) is 12.6 Å². The minimum Gasteiger partial charge on any atom is -0.251 e. The molecule has 0 aliphatic rings. The quantitative estimate of drug-likeness (QED) is 0.751. The van der Waals surface area contributed by atoms with E-state index in [2.05, 4.69) is 21.0 Å². The first kappa shape index (κ1) is 9.66. The second-order valence-electron chi connectivity index (χ2n) is 2.06. The Bertz CT molecular complexity index is 386. The van der Waals surface area contributed by atoms with Gasteiger partial charge in [0.05, 0.1) is 0 Å². The average Bonchev–Trinajstić information content (AvgIpc) is 2.29. The maximum absolute atomic E-state index is 12.5. The molecule has 1 rings (SSSR count). The van der Waals surface area contributed by atoms with Crippen LogP contribution in [0.25, 0.3) is 0 Å². The van der Waals surface area contributed by atoms with Crippen LogP contribution < -0.4 is 0 Å². The number of rotatable bonds is 2. The van der Waals surface area contributed by atoms with Crippen LogP contribution in [0, 0.1) is 0 Å². The van der Waals surface area contributed by atoms with Gasteiger partial charge in [0.2, 0.25) is 0 Å². The number of hydrogen-bond acceptors (Lipinski definition) is 3. The second kappa shape index (κ2) is 3.14. The minimum absolute atomic E-state index is 0.306. The van der Waals surface area contributed by atoms with Crippen LogP contribution in [0.15, 0.2) is 15.7 Å². The molecule has 0 radical (unpaired) electrons. The molecule has 4 nitrogen and oxygen atoms in total. The second-order valence-corrected chi connectivity index (χ2v) is 4.17. The van der Waals surface area contributed by atoms with E-state index in [1.54, 1.807) is 6.92 Å². The molecule has 0 aromatic carbocycles. The summed E-state index contributed by atoms with van der Waals surface area (Å²) >= 11 is 2.95. The molecule has 1 aromatic heterocycles. The van der Waals surface area contributed by atoms with Gasteiger partial charge in [-0.3, -0.25) is 4.68 Å². The summed E-state index contributed by atoms with van der Waals surface area (Å²) < 4.78 is 34.8. The Hall–Kier alpha value is -0.430. The van der Waals surface area contributed by atoms with E-state index >= 15 is 0 Å². The molecule has 0 unspecified atom stereocenters. The van der Waals surface area contributed by atoms with Crippen LogP contribution >= 0.6 is 15.9 Å². The Labute approximate surface area is 77.7 Å². The summed E-state index contributed by atoms with van der Waals surface area (Å²) in [6.45, 7) is 1.98. The minimum atomic E-state index is -4.65. The molecule has 0 saturated carbocycles. The van der Waals surface area contributed by atoms with Gasteiger partial charge in [-0.15, -0.1) is 0 Å². The zero-order chi connectivity index (χ0) is 9.35. The lowest BCUT2D eigenvalue weighted by Gasteiger charge is -1.97. The van der Waals surface area contributed by atoms with E-state index in [-0.39, 0.29) is 0 Å². The third-order valence-corrected chi connectivity index (χ3v) is 2.48. The average molecular weight is 257 g/mol. The molecule has 0 atom stereocenters. The largest absolute Gasteiger partial charge is 0.349 e. The fraction of sp³-hybridized carbons (Fsp3) is 0.400. The van der Waals surface area contributed by atoms with Crippen molar-refractivity contribution in [3.63, 3.8) is 0 Å². The van der Waals surface area contributed by atoms with E-state index < -0.39 is 15.2 Å². The van der Waals surface area contributed by atoms with Gasteiger partial charge in [0.15, 0.2) is 5.03 Å². The van der Waals surface area contributed by atoms with Gasteiger partial charge in [-0.05, 0) is 22.9 Å². The van der Waals surface area contributed by atoms with Crippen LogP contribution in [0.4, 0.5) is 3.89 Å². The molecular weight excluding hydrogens is 251 g/mol. The van der Waals surface area contributed by atoms with E-state index in [1.165, 1.54) is 0 Å². The van der Waals surface area contributed by atoms with Crippen molar-refractivity contribution in [2.45, 2.75) is 18.5 Å². The lowest BCUT2D eigenvalue weighted by molar-refractivity contribution is 0.520. The van der Waals surface area contributed by atoms with Crippen LogP contribution in [-0.2, 0) is 16.8 Å². The molecule has 0 aliphatic carbocycles. The SMILES string of the molecule is CCn1nc(Br)cc1S(=O)(=O)F. The molecule has 0 N–H and O–H groups in total. The Balaban J connectivity index is 3.33. The van der Waals surface area contributed by atoms with Crippen LogP contribution in [0.2, 0.25) is 0 Å². The van der Waals surface area contributed by atoms with Gasteiger partial charge >= 0.3 is 10.2 Å². The normalized spacial score (nSPS) is 11.9. The number of aromatic nitrogens is 2. The van der Waals surface area contributed by atoms with Crippen molar-refractivity contribution in [1.29, 1.82) is 0 Å². The molecule has 0 bridgehead atoms. The highest BCUT2D eigenvalue weighted by atomic mass is 79.9. The van der Waals surface area contributed by atoms with Crippen LogP contribution in [-0.4, -0.2) is 18.2 Å². The first-order valence-electron chi connectivity index (χ1n) is 3.13. The predicted molar refractivity (Wildman–Crippen MR) is 43.9 cm³/mol. The summed E-state index contributed by atoms with van der Waals surface area (Å²) in [7, 11) is -4.65. The summed E-state index contributed by atoms with van der Waals surface area (Å²) in [6.07, 6.45) is 0. The standard InChI is InChI=1S/C5H6BrFN2O2S/c1-2-9-5(12(7,10)11)3-4(6)8-9/h3H,2H2,1H3. The van der Waals surface area contributed by atoms with Crippen molar-refractivity contribution >= 4 is 26.2 Å². The van der Waals surface area contributed by atoms with Crippen molar-refractivity contribution in [2.75, 3.05) is 0 Å². The van der Waals surface area contributed by atoms with Gasteiger partial charge in [-0.25, -0.2) is 0 Å². The van der Waals surface area contributed by atoms with Gasteiger partial charge in [-0.1, -0.05) is 3.89 Å². The highest BCUT2D eigenvalue weighted by molar-refractivity contribution is 9.10. The third kappa shape index (κ3) is 1.84. The monoisotopic (exact) mass is 256 g/mol. The smallest absolute Gasteiger partial charge is 0.251 e. The van der Waals surface area contributed by atoms with Gasteiger partial charge in [-0.2, -0.15) is 13.5 Å². The topological polar surface area (TPSA) is 52.0 Å². The molecule has 1 aromatic rings. The highest BCUT2D eigenvalue weighted by Crippen LogP contribution is 2.17. The van der Waals surface area contributed by atoms with Crippen LogP contribution in [0.5, 0.6) is 0 Å². The maximum atomic E-state index is 12.5. The van der Waals surface area contributed by atoms with E-state index in [4.69, 9.17) is 0 Å². The molecule has 1 heterocycles. The fourth-order valence-electron chi connectivity index (χ4n) is 0.793. The molecule has 0 aliphatic heterocycles. The summed E-state index contributed by atoms with van der Waals surface area (Å²) in [5.41, 5.74) is 0. The molecule has 68 valence electrons. The van der Waals surface area contributed by atoms with Crippen molar-refractivity contribution in [1.82, 2.24) is 9.78 Å². The van der Waals surface area contributed by atoms with Gasteiger partial charge < -0.3 is 0 Å². The summed E-state index contributed by atoms with van der Waals surface area (Å²) in [5, 5.41) is 3.29. The fourth-order valence-corrected chi connectivity index (χ4v) is 2.03. The Morgan fingerprint density at radius 3 is 2.67 bits per heavy atom. The van der Waals surface area contributed by atoms with Gasteiger partial charge in [0.1, 0.15) is 4.60 Å². The number of halogens is 2. The van der Waals surface area contributed by atoms with Gasteiger partial charge in [0.25, 0.3) is 0 Å². The van der Waals surface area contributed by atoms with E-state index in [9.17, 15) is 12.3 Å². The predicted octanol–water partition coefficient (Wildman–Crippen LogP) is 1.32. The van der Waals surface area contributed by atoms with Crippen molar-refractivity contribution in [3.8, 4) is 0 Å². The summed E-state index contributed by atoms with van der Waals surface area (Å²) in [4.78, 5) is 0. The molecule has 7 heteroatoms. The van der Waals surface area contributed by atoms with Crippen molar-refractivity contribution < 1.29 is 12.3 Å². The third-order valence-electron chi connectivity index (χ3n) is 1.26. The summed E-state index contributed by atoms with van der Waals surface area (Å²) in [6, 6.07) is 1.12. The lowest BCUT2D eigenvalue weighted by atomic mass is 10.7. The van der Waals surface area contributed by atoms with E-state index in [1.807, 2.05) is 0 Å². The molecular formula is C5H6BrFN2O2S. The first-order chi connectivity index (χ1) is 5.45. The number of aryl methyl sites for hydroxylation is 1. The number of nitrogens with zero attached hydrogens (tertiary/aromatic N) is 2. The zero-order valence-corrected chi connectivity index (χ0v) is 8.56. The van der Waals surface area contributed by atoms with Crippen LogP contribution in [0.3, 0.4) is 0 Å².